The van der Waals surface area contributed by atoms with Gasteiger partial charge < -0.3 is 14.9 Å². The van der Waals surface area contributed by atoms with Crippen molar-refractivity contribution in [1.29, 1.82) is 0 Å². The van der Waals surface area contributed by atoms with Gasteiger partial charge >= 0.3 is 0 Å². The molecule has 1 fully saturated rings. The molecule has 1 aromatic heterocycles. The van der Waals surface area contributed by atoms with Crippen LogP contribution in [0.4, 0.5) is 5.13 Å². The number of piperazine rings is 1. The summed E-state index contributed by atoms with van der Waals surface area (Å²) in [5.41, 5.74) is 0.538. The number of phenols is 1. The molecular formula is C14H14IN3O2S. The van der Waals surface area contributed by atoms with Crippen molar-refractivity contribution in [3.05, 3.63) is 38.9 Å². The average Bonchev–Trinajstić information content (AvgIpc) is 3.04. The van der Waals surface area contributed by atoms with Crippen LogP contribution in [0.25, 0.3) is 0 Å². The molecule has 2 aromatic rings. The third kappa shape index (κ3) is 3.13. The zero-order chi connectivity index (χ0) is 14.8. The van der Waals surface area contributed by atoms with Gasteiger partial charge in [0.15, 0.2) is 5.13 Å². The van der Waals surface area contributed by atoms with Crippen LogP contribution in [0.15, 0.2) is 29.8 Å². The first-order chi connectivity index (χ1) is 10.1. The quantitative estimate of drug-likeness (QED) is 0.766. The third-order valence-electron chi connectivity index (χ3n) is 3.45. The molecule has 110 valence electrons. The molecule has 7 heteroatoms. The normalized spacial score (nSPS) is 15.3. The highest BCUT2D eigenvalue weighted by Gasteiger charge is 2.23. The maximum atomic E-state index is 12.4. The molecule has 5 nitrogen and oxygen atoms in total. The Balaban J connectivity index is 1.66. The Bertz CT molecular complexity index is 640. The second-order valence-electron chi connectivity index (χ2n) is 4.76. The van der Waals surface area contributed by atoms with Crippen molar-refractivity contribution in [2.45, 2.75) is 0 Å². The number of amides is 1. The Labute approximate surface area is 140 Å². The lowest BCUT2D eigenvalue weighted by atomic mass is 10.1. The molecule has 0 saturated carbocycles. The van der Waals surface area contributed by atoms with E-state index in [4.69, 9.17) is 0 Å². The second kappa shape index (κ2) is 6.18. The lowest BCUT2D eigenvalue weighted by Crippen LogP contribution is -2.48. The van der Waals surface area contributed by atoms with Crippen molar-refractivity contribution in [3.63, 3.8) is 0 Å². The van der Waals surface area contributed by atoms with Gasteiger partial charge in [-0.1, -0.05) is 0 Å². The Kier molecular flexibility index (Phi) is 4.29. The average molecular weight is 415 g/mol. The highest BCUT2D eigenvalue weighted by molar-refractivity contribution is 14.1. The number of phenolic OH excluding ortho intramolecular Hbond substituents is 1. The van der Waals surface area contributed by atoms with Gasteiger partial charge in [0.05, 0.1) is 3.57 Å². The number of halogens is 1. The van der Waals surface area contributed by atoms with E-state index in [1.807, 2.05) is 32.9 Å². The SMILES string of the molecule is O=C(c1ccc(I)c(O)c1)N1CCN(c2nccs2)CC1. The van der Waals surface area contributed by atoms with E-state index in [9.17, 15) is 9.90 Å². The number of nitrogens with zero attached hydrogens (tertiary/aromatic N) is 3. The number of hydrogen-bond acceptors (Lipinski definition) is 5. The third-order valence-corrected chi connectivity index (χ3v) is 5.19. The molecule has 21 heavy (non-hydrogen) atoms. The molecular weight excluding hydrogens is 401 g/mol. The van der Waals surface area contributed by atoms with Gasteiger partial charge in [-0.05, 0) is 40.8 Å². The predicted molar refractivity (Wildman–Crippen MR) is 91.1 cm³/mol. The molecule has 1 amide bonds. The van der Waals surface area contributed by atoms with Crippen LogP contribution in [0.5, 0.6) is 5.75 Å². The Morgan fingerprint density at radius 1 is 1.29 bits per heavy atom. The van der Waals surface area contributed by atoms with Crippen LogP contribution in [0.1, 0.15) is 10.4 Å². The first-order valence-electron chi connectivity index (χ1n) is 6.57. The molecule has 0 spiro atoms. The topological polar surface area (TPSA) is 56.7 Å². The summed E-state index contributed by atoms with van der Waals surface area (Å²) >= 11 is 3.66. The molecule has 1 aliphatic rings. The van der Waals surface area contributed by atoms with Crippen LogP contribution in [0, 0.1) is 3.57 Å². The molecule has 0 radical (unpaired) electrons. The predicted octanol–water partition coefficient (Wildman–Crippen LogP) is 2.42. The fourth-order valence-corrected chi connectivity index (χ4v) is 3.33. The summed E-state index contributed by atoms with van der Waals surface area (Å²) in [5.74, 6) is 0.128. The van der Waals surface area contributed by atoms with Crippen molar-refractivity contribution in [2.75, 3.05) is 31.1 Å². The van der Waals surface area contributed by atoms with Gasteiger partial charge in [-0.2, -0.15) is 0 Å². The summed E-state index contributed by atoms with van der Waals surface area (Å²) in [7, 11) is 0. The molecule has 1 aromatic carbocycles. The molecule has 0 unspecified atom stereocenters. The van der Waals surface area contributed by atoms with E-state index in [2.05, 4.69) is 9.88 Å². The minimum atomic E-state index is -0.0273. The molecule has 1 aliphatic heterocycles. The fraction of sp³-hybridized carbons (Fsp3) is 0.286. The van der Waals surface area contributed by atoms with Crippen molar-refractivity contribution in [2.24, 2.45) is 0 Å². The van der Waals surface area contributed by atoms with Crippen molar-refractivity contribution in [3.8, 4) is 5.75 Å². The van der Waals surface area contributed by atoms with E-state index in [1.165, 1.54) is 6.07 Å². The number of hydrogen-bond donors (Lipinski definition) is 1. The summed E-state index contributed by atoms with van der Waals surface area (Å²) in [5, 5.41) is 12.7. The zero-order valence-electron chi connectivity index (χ0n) is 11.2. The van der Waals surface area contributed by atoms with Gasteiger partial charge in [-0.3, -0.25) is 4.79 Å². The largest absolute Gasteiger partial charge is 0.507 e. The second-order valence-corrected chi connectivity index (χ2v) is 6.80. The lowest BCUT2D eigenvalue weighted by Gasteiger charge is -2.34. The molecule has 2 heterocycles. The standard InChI is InChI=1S/C14H14IN3O2S/c15-11-2-1-10(9-12(11)19)13(20)17-4-6-18(7-5-17)14-16-3-8-21-14/h1-3,8-9,19H,4-7H2. The number of rotatable bonds is 2. The van der Waals surface area contributed by atoms with E-state index in [0.717, 1.165) is 21.8 Å². The van der Waals surface area contributed by atoms with Gasteiger partial charge in [0.1, 0.15) is 5.75 Å². The monoisotopic (exact) mass is 415 g/mol. The zero-order valence-corrected chi connectivity index (χ0v) is 14.2. The van der Waals surface area contributed by atoms with Crippen molar-refractivity contribution >= 4 is 45.0 Å². The van der Waals surface area contributed by atoms with E-state index < -0.39 is 0 Å². The summed E-state index contributed by atoms with van der Waals surface area (Å²) in [6, 6.07) is 5.06. The summed E-state index contributed by atoms with van der Waals surface area (Å²) in [4.78, 5) is 20.8. The Morgan fingerprint density at radius 3 is 2.67 bits per heavy atom. The molecule has 0 aliphatic carbocycles. The van der Waals surface area contributed by atoms with E-state index >= 15 is 0 Å². The number of carbonyl (C=O) groups excluding carboxylic acids is 1. The molecule has 0 bridgehead atoms. The number of aromatic nitrogens is 1. The first kappa shape index (κ1) is 14.6. The van der Waals surface area contributed by atoms with Crippen LogP contribution in [0.3, 0.4) is 0 Å². The van der Waals surface area contributed by atoms with E-state index in [0.29, 0.717) is 18.7 Å². The van der Waals surface area contributed by atoms with E-state index in [-0.39, 0.29) is 11.7 Å². The summed E-state index contributed by atoms with van der Waals surface area (Å²) in [6.07, 6.45) is 1.80. The van der Waals surface area contributed by atoms with Crippen LogP contribution >= 0.6 is 33.9 Å². The highest BCUT2D eigenvalue weighted by Crippen LogP contribution is 2.23. The van der Waals surface area contributed by atoms with Gasteiger partial charge in [0.25, 0.3) is 5.91 Å². The Morgan fingerprint density at radius 2 is 2.05 bits per heavy atom. The van der Waals surface area contributed by atoms with Gasteiger partial charge in [-0.15, -0.1) is 11.3 Å². The number of benzene rings is 1. The van der Waals surface area contributed by atoms with Crippen LogP contribution < -0.4 is 4.90 Å². The minimum Gasteiger partial charge on any atom is -0.507 e. The van der Waals surface area contributed by atoms with Gasteiger partial charge in [0.2, 0.25) is 0 Å². The summed E-state index contributed by atoms with van der Waals surface area (Å²) < 4.78 is 0.748. The minimum absolute atomic E-state index is 0.0273. The molecule has 1 N–H and O–H groups in total. The van der Waals surface area contributed by atoms with Gasteiger partial charge in [-0.25, -0.2) is 4.98 Å². The van der Waals surface area contributed by atoms with Crippen molar-refractivity contribution in [1.82, 2.24) is 9.88 Å². The fourth-order valence-electron chi connectivity index (χ4n) is 2.30. The van der Waals surface area contributed by atoms with Crippen LogP contribution in [0.2, 0.25) is 0 Å². The smallest absolute Gasteiger partial charge is 0.254 e. The summed E-state index contributed by atoms with van der Waals surface area (Å²) in [6.45, 7) is 2.92. The Hall–Kier alpha value is -1.35. The maximum Gasteiger partial charge on any atom is 0.254 e. The van der Waals surface area contributed by atoms with Crippen LogP contribution in [-0.4, -0.2) is 47.1 Å². The lowest BCUT2D eigenvalue weighted by molar-refractivity contribution is 0.0746. The van der Waals surface area contributed by atoms with Crippen LogP contribution in [-0.2, 0) is 0 Å². The molecule has 1 saturated heterocycles. The van der Waals surface area contributed by atoms with Crippen molar-refractivity contribution < 1.29 is 9.90 Å². The number of aromatic hydroxyl groups is 1. The number of anilines is 1. The highest BCUT2D eigenvalue weighted by atomic mass is 127. The molecule has 0 atom stereocenters. The van der Waals surface area contributed by atoms with Gasteiger partial charge in [0, 0.05) is 43.3 Å². The number of thiazole rings is 1. The first-order valence-corrected chi connectivity index (χ1v) is 8.53. The maximum absolute atomic E-state index is 12.4. The number of carbonyl (C=O) groups is 1. The van der Waals surface area contributed by atoms with E-state index in [1.54, 1.807) is 29.7 Å². The molecule has 3 rings (SSSR count).